The molecule has 1 aromatic rings. The lowest BCUT2D eigenvalue weighted by molar-refractivity contribution is 0.107. The van der Waals surface area contributed by atoms with Crippen molar-refractivity contribution in [2.45, 2.75) is 13.5 Å². The van der Waals surface area contributed by atoms with E-state index >= 15 is 0 Å². The van der Waals surface area contributed by atoms with Gasteiger partial charge in [0.2, 0.25) is 9.84 Å². The number of sulfone groups is 1. The number of hydrogen-bond donors (Lipinski definition) is 1. The van der Waals surface area contributed by atoms with Crippen LogP contribution in [0, 0.1) is 0 Å². The summed E-state index contributed by atoms with van der Waals surface area (Å²) in [4.78, 5) is 11.3. The number of anilines is 1. The fourth-order valence-corrected chi connectivity index (χ4v) is 1.56. The lowest BCUT2D eigenvalue weighted by Crippen LogP contribution is -2.14. The van der Waals surface area contributed by atoms with Crippen molar-refractivity contribution in [2.75, 3.05) is 12.0 Å². The van der Waals surface area contributed by atoms with Crippen molar-refractivity contribution >= 4 is 20.8 Å². The molecule has 0 radical (unpaired) electrons. The molecular formula is C7H11N3O3S. The summed E-state index contributed by atoms with van der Waals surface area (Å²) >= 11 is 0. The second-order valence-corrected chi connectivity index (χ2v) is 4.73. The van der Waals surface area contributed by atoms with E-state index in [-0.39, 0.29) is 11.4 Å². The van der Waals surface area contributed by atoms with Gasteiger partial charge >= 0.3 is 0 Å². The number of rotatable bonds is 2. The summed E-state index contributed by atoms with van der Waals surface area (Å²) in [5.41, 5.74) is 5.47. The highest BCUT2D eigenvalue weighted by Crippen LogP contribution is 2.13. The van der Waals surface area contributed by atoms with Gasteiger partial charge in [0.05, 0.1) is 11.8 Å². The Bertz CT molecular complexity index is 461. The maximum atomic E-state index is 11.3. The first kappa shape index (κ1) is 10.7. The molecule has 1 rings (SSSR count). The summed E-state index contributed by atoms with van der Waals surface area (Å²) in [6.07, 6.45) is 2.01. The Labute approximate surface area is 81.6 Å². The molecule has 14 heavy (non-hydrogen) atoms. The van der Waals surface area contributed by atoms with Gasteiger partial charge in [0.15, 0.2) is 0 Å². The zero-order valence-electron chi connectivity index (χ0n) is 7.89. The number of carbonyl (C=O) groups is 1. The van der Waals surface area contributed by atoms with E-state index in [1.54, 1.807) is 6.92 Å². The van der Waals surface area contributed by atoms with Crippen molar-refractivity contribution in [3.63, 3.8) is 0 Å². The lowest BCUT2D eigenvalue weighted by atomic mass is 10.4. The smallest absolute Gasteiger partial charge is 0.281 e. The quantitative estimate of drug-likeness (QED) is 0.731. The molecule has 0 bridgehead atoms. The molecule has 7 heteroatoms. The third-order valence-electron chi connectivity index (χ3n) is 1.74. The third-order valence-corrected chi connectivity index (χ3v) is 2.63. The molecule has 0 spiro atoms. The van der Waals surface area contributed by atoms with Gasteiger partial charge in [0.1, 0.15) is 5.82 Å². The molecule has 2 N–H and O–H groups in total. The Morgan fingerprint density at radius 3 is 2.57 bits per heavy atom. The minimum atomic E-state index is -3.75. The Balaban J connectivity index is 3.22. The third kappa shape index (κ3) is 1.77. The molecule has 0 saturated heterocycles. The van der Waals surface area contributed by atoms with Crippen molar-refractivity contribution in [2.24, 2.45) is 0 Å². The van der Waals surface area contributed by atoms with E-state index in [4.69, 9.17) is 5.73 Å². The lowest BCUT2D eigenvalue weighted by Gasteiger charge is -1.99. The molecule has 0 aliphatic carbocycles. The minimum absolute atomic E-state index is 0.0608. The molecule has 1 aromatic heterocycles. The number of nitrogen functional groups attached to an aromatic ring is 1. The second-order valence-electron chi connectivity index (χ2n) is 2.82. The topological polar surface area (TPSA) is 95.0 Å². The highest BCUT2D eigenvalue weighted by atomic mass is 32.2. The van der Waals surface area contributed by atoms with Crippen LogP contribution in [0.1, 0.15) is 17.3 Å². The first-order chi connectivity index (χ1) is 6.38. The SMILES string of the molecule is CCn1ncc(C(=O)S(C)(=O)=O)c1N. The van der Waals surface area contributed by atoms with Gasteiger partial charge in [-0.3, -0.25) is 4.79 Å². The molecular weight excluding hydrogens is 206 g/mol. The summed E-state index contributed by atoms with van der Waals surface area (Å²) in [7, 11) is -3.75. The standard InChI is InChI=1S/C7H11N3O3S/c1-3-10-6(8)5(4-9-10)7(11)14(2,12)13/h4H,3,8H2,1-2H3. The van der Waals surface area contributed by atoms with Gasteiger partial charge in [-0.1, -0.05) is 0 Å². The van der Waals surface area contributed by atoms with Crippen molar-refractivity contribution in [3.05, 3.63) is 11.8 Å². The Morgan fingerprint density at radius 2 is 2.21 bits per heavy atom. The molecule has 0 saturated carbocycles. The normalized spacial score (nSPS) is 11.6. The van der Waals surface area contributed by atoms with Gasteiger partial charge in [0, 0.05) is 12.8 Å². The molecule has 0 aliphatic rings. The molecule has 0 aromatic carbocycles. The van der Waals surface area contributed by atoms with Gasteiger partial charge in [-0.25, -0.2) is 13.1 Å². The van der Waals surface area contributed by atoms with Gasteiger partial charge in [-0.15, -0.1) is 0 Å². The number of aromatic nitrogens is 2. The molecule has 0 aliphatic heterocycles. The van der Waals surface area contributed by atoms with E-state index in [2.05, 4.69) is 5.10 Å². The summed E-state index contributed by atoms with van der Waals surface area (Å²) in [6, 6.07) is 0. The predicted molar refractivity (Wildman–Crippen MR) is 51.5 cm³/mol. The monoisotopic (exact) mass is 217 g/mol. The van der Waals surface area contributed by atoms with Crippen LogP contribution in [0.4, 0.5) is 5.82 Å². The Hall–Kier alpha value is -1.37. The van der Waals surface area contributed by atoms with Crippen LogP contribution < -0.4 is 5.73 Å². The average Bonchev–Trinajstić information content (AvgIpc) is 2.43. The van der Waals surface area contributed by atoms with E-state index in [0.717, 1.165) is 6.26 Å². The van der Waals surface area contributed by atoms with Crippen molar-refractivity contribution < 1.29 is 13.2 Å². The zero-order valence-corrected chi connectivity index (χ0v) is 8.71. The van der Waals surface area contributed by atoms with Crippen LogP contribution in [0.25, 0.3) is 0 Å². The summed E-state index contributed by atoms with van der Waals surface area (Å²) in [6.45, 7) is 2.28. The van der Waals surface area contributed by atoms with E-state index in [0.29, 0.717) is 6.54 Å². The molecule has 0 fully saturated rings. The molecule has 78 valence electrons. The van der Waals surface area contributed by atoms with Crippen molar-refractivity contribution in [3.8, 4) is 0 Å². The zero-order chi connectivity index (χ0) is 10.9. The fraction of sp³-hybridized carbons (Fsp3) is 0.429. The van der Waals surface area contributed by atoms with Gasteiger partial charge < -0.3 is 5.73 Å². The van der Waals surface area contributed by atoms with E-state index < -0.39 is 15.0 Å². The molecule has 0 amide bonds. The van der Waals surface area contributed by atoms with Crippen LogP contribution in [-0.4, -0.2) is 29.6 Å². The van der Waals surface area contributed by atoms with Crippen LogP contribution in [-0.2, 0) is 16.4 Å². The van der Waals surface area contributed by atoms with Crippen LogP contribution >= 0.6 is 0 Å². The molecule has 6 nitrogen and oxygen atoms in total. The fourth-order valence-electron chi connectivity index (χ4n) is 1.00. The van der Waals surface area contributed by atoms with Crippen molar-refractivity contribution in [1.82, 2.24) is 9.78 Å². The number of nitrogens with zero attached hydrogens (tertiary/aromatic N) is 2. The second kappa shape index (κ2) is 3.41. The first-order valence-corrected chi connectivity index (χ1v) is 5.82. The highest BCUT2D eigenvalue weighted by Gasteiger charge is 2.23. The molecule has 1 heterocycles. The van der Waals surface area contributed by atoms with Crippen LogP contribution in [0.15, 0.2) is 6.20 Å². The molecule has 0 atom stereocenters. The number of hydrogen-bond acceptors (Lipinski definition) is 5. The van der Waals surface area contributed by atoms with E-state index in [1.165, 1.54) is 10.9 Å². The maximum absolute atomic E-state index is 11.3. The van der Waals surface area contributed by atoms with Crippen LogP contribution in [0.5, 0.6) is 0 Å². The average molecular weight is 217 g/mol. The van der Waals surface area contributed by atoms with Crippen LogP contribution in [0.2, 0.25) is 0 Å². The number of carbonyl (C=O) groups excluding carboxylic acids is 1. The summed E-state index contributed by atoms with van der Waals surface area (Å²) in [5.74, 6) is 0.0860. The maximum Gasteiger partial charge on any atom is 0.281 e. The summed E-state index contributed by atoms with van der Waals surface area (Å²) in [5, 5.41) is 2.78. The van der Waals surface area contributed by atoms with Crippen molar-refractivity contribution in [1.29, 1.82) is 0 Å². The first-order valence-electron chi connectivity index (χ1n) is 3.93. The molecule has 0 unspecified atom stereocenters. The van der Waals surface area contributed by atoms with E-state index in [9.17, 15) is 13.2 Å². The van der Waals surface area contributed by atoms with Crippen LogP contribution in [0.3, 0.4) is 0 Å². The number of aryl methyl sites for hydroxylation is 1. The highest BCUT2D eigenvalue weighted by molar-refractivity contribution is 8.06. The van der Waals surface area contributed by atoms with Gasteiger partial charge in [0.25, 0.3) is 5.12 Å². The largest absolute Gasteiger partial charge is 0.383 e. The van der Waals surface area contributed by atoms with Gasteiger partial charge in [-0.2, -0.15) is 5.10 Å². The Kier molecular flexibility index (Phi) is 2.61. The van der Waals surface area contributed by atoms with E-state index in [1.807, 2.05) is 0 Å². The Morgan fingerprint density at radius 1 is 1.64 bits per heavy atom. The number of nitrogens with two attached hydrogens (primary N) is 1. The predicted octanol–water partition coefficient (Wildman–Crippen LogP) is -0.330. The minimum Gasteiger partial charge on any atom is -0.383 e. The van der Waals surface area contributed by atoms with Gasteiger partial charge in [-0.05, 0) is 6.92 Å². The summed E-state index contributed by atoms with van der Waals surface area (Å²) < 4.78 is 23.2.